The van der Waals surface area contributed by atoms with Gasteiger partial charge in [-0.1, -0.05) is 0 Å². The lowest BCUT2D eigenvalue weighted by Crippen LogP contribution is -2.60. The summed E-state index contributed by atoms with van der Waals surface area (Å²) in [6.45, 7) is 6.91. The molecular formula is C12H24O6. The van der Waals surface area contributed by atoms with Crippen LogP contribution < -0.4 is 0 Å². The van der Waals surface area contributed by atoms with E-state index < -0.39 is 30.7 Å². The SMILES string of the molecule is CC(C)OC1OC(CO)C(OC(C)C)C(O)C1O. The molecule has 0 aromatic heterocycles. The van der Waals surface area contributed by atoms with E-state index in [1.54, 1.807) is 13.8 Å². The van der Waals surface area contributed by atoms with Crippen molar-refractivity contribution in [2.45, 2.75) is 70.6 Å². The number of ether oxygens (including phenoxy) is 3. The second-order valence-corrected chi connectivity index (χ2v) is 5.04. The molecule has 0 saturated carbocycles. The molecule has 1 aliphatic heterocycles. The van der Waals surface area contributed by atoms with Crippen LogP contribution in [0.4, 0.5) is 0 Å². The Bertz CT molecular complexity index is 243. The highest BCUT2D eigenvalue weighted by Gasteiger charge is 2.46. The standard InChI is InChI=1S/C12H24O6/c1-6(2)16-11-8(5-13)18-12(17-7(3)4)10(15)9(11)14/h6-15H,5H2,1-4H3. The van der Waals surface area contributed by atoms with Gasteiger partial charge in [0.15, 0.2) is 6.29 Å². The maximum absolute atomic E-state index is 10.0. The molecule has 1 saturated heterocycles. The van der Waals surface area contributed by atoms with E-state index in [2.05, 4.69) is 0 Å². The smallest absolute Gasteiger partial charge is 0.186 e. The van der Waals surface area contributed by atoms with E-state index in [1.165, 1.54) is 0 Å². The first-order valence-corrected chi connectivity index (χ1v) is 6.30. The van der Waals surface area contributed by atoms with Crippen molar-refractivity contribution in [2.24, 2.45) is 0 Å². The molecule has 18 heavy (non-hydrogen) atoms. The molecule has 5 unspecified atom stereocenters. The molecule has 0 amide bonds. The number of rotatable bonds is 5. The molecule has 1 heterocycles. The third-order valence-corrected chi connectivity index (χ3v) is 2.66. The van der Waals surface area contributed by atoms with Gasteiger partial charge in [-0.05, 0) is 27.7 Å². The number of aliphatic hydroxyl groups is 3. The molecule has 0 aliphatic carbocycles. The van der Waals surface area contributed by atoms with Gasteiger partial charge >= 0.3 is 0 Å². The van der Waals surface area contributed by atoms with Crippen LogP contribution in [-0.4, -0.2) is 64.8 Å². The second kappa shape index (κ2) is 6.79. The van der Waals surface area contributed by atoms with E-state index in [1.807, 2.05) is 13.8 Å². The monoisotopic (exact) mass is 264 g/mol. The van der Waals surface area contributed by atoms with Crippen LogP contribution in [0.3, 0.4) is 0 Å². The second-order valence-electron chi connectivity index (χ2n) is 5.04. The van der Waals surface area contributed by atoms with Gasteiger partial charge in [-0.2, -0.15) is 0 Å². The van der Waals surface area contributed by atoms with Gasteiger partial charge in [0.1, 0.15) is 24.4 Å². The third kappa shape index (κ3) is 3.88. The molecule has 0 spiro atoms. The fraction of sp³-hybridized carbons (Fsp3) is 1.00. The van der Waals surface area contributed by atoms with Crippen LogP contribution in [0.15, 0.2) is 0 Å². The Morgan fingerprint density at radius 1 is 1.00 bits per heavy atom. The Balaban J connectivity index is 2.74. The maximum Gasteiger partial charge on any atom is 0.186 e. The predicted molar refractivity (Wildman–Crippen MR) is 64.0 cm³/mol. The minimum atomic E-state index is -1.20. The van der Waals surface area contributed by atoms with Crippen LogP contribution >= 0.6 is 0 Å². The summed E-state index contributed by atoms with van der Waals surface area (Å²) in [5.74, 6) is 0. The van der Waals surface area contributed by atoms with Crippen LogP contribution in [0, 0.1) is 0 Å². The summed E-state index contributed by atoms with van der Waals surface area (Å²) in [5.41, 5.74) is 0. The van der Waals surface area contributed by atoms with Crippen molar-refractivity contribution in [3.63, 3.8) is 0 Å². The summed E-state index contributed by atoms with van der Waals surface area (Å²) in [4.78, 5) is 0. The van der Waals surface area contributed by atoms with Crippen LogP contribution in [0.1, 0.15) is 27.7 Å². The van der Waals surface area contributed by atoms with Crippen molar-refractivity contribution >= 4 is 0 Å². The average Bonchev–Trinajstić information content (AvgIpc) is 2.27. The van der Waals surface area contributed by atoms with E-state index in [0.717, 1.165) is 0 Å². The molecule has 5 atom stereocenters. The highest BCUT2D eigenvalue weighted by molar-refractivity contribution is 4.90. The minimum Gasteiger partial charge on any atom is -0.394 e. The zero-order valence-electron chi connectivity index (χ0n) is 11.3. The lowest BCUT2D eigenvalue weighted by Gasteiger charge is -2.42. The largest absolute Gasteiger partial charge is 0.394 e. The van der Waals surface area contributed by atoms with Crippen LogP contribution in [-0.2, 0) is 14.2 Å². The van der Waals surface area contributed by atoms with Crippen molar-refractivity contribution in [1.29, 1.82) is 0 Å². The average molecular weight is 264 g/mol. The van der Waals surface area contributed by atoms with E-state index in [4.69, 9.17) is 14.2 Å². The highest BCUT2D eigenvalue weighted by atomic mass is 16.7. The molecule has 0 bridgehead atoms. The lowest BCUT2D eigenvalue weighted by molar-refractivity contribution is -0.317. The van der Waals surface area contributed by atoms with Crippen LogP contribution in [0.25, 0.3) is 0 Å². The molecule has 0 aromatic carbocycles. The number of aliphatic hydroxyl groups excluding tert-OH is 3. The van der Waals surface area contributed by atoms with E-state index in [9.17, 15) is 15.3 Å². The van der Waals surface area contributed by atoms with Gasteiger partial charge in [0.2, 0.25) is 0 Å². The predicted octanol–water partition coefficient (Wildman–Crippen LogP) is -0.356. The normalized spacial score (nSPS) is 37.5. The summed E-state index contributed by atoms with van der Waals surface area (Å²) >= 11 is 0. The fourth-order valence-electron chi connectivity index (χ4n) is 1.92. The summed E-state index contributed by atoms with van der Waals surface area (Å²) in [6, 6.07) is 0. The Morgan fingerprint density at radius 3 is 2.00 bits per heavy atom. The molecule has 6 nitrogen and oxygen atoms in total. The van der Waals surface area contributed by atoms with Crippen molar-refractivity contribution < 1.29 is 29.5 Å². The Morgan fingerprint density at radius 2 is 1.56 bits per heavy atom. The van der Waals surface area contributed by atoms with E-state index in [-0.39, 0.29) is 18.8 Å². The van der Waals surface area contributed by atoms with Crippen LogP contribution in [0.5, 0.6) is 0 Å². The van der Waals surface area contributed by atoms with Crippen molar-refractivity contribution in [3.8, 4) is 0 Å². The van der Waals surface area contributed by atoms with Crippen molar-refractivity contribution in [2.75, 3.05) is 6.61 Å². The third-order valence-electron chi connectivity index (χ3n) is 2.66. The lowest BCUT2D eigenvalue weighted by atomic mass is 9.98. The molecule has 1 rings (SSSR count). The molecule has 108 valence electrons. The zero-order valence-corrected chi connectivity index (χ0v) is 11.3. The van der Waals surface area contributed by atoms with Gasteiger partial charge in [0.05, 0.1) is 18.8 Å². The topological polar surface area (TPSA) is 88.4 Å². The van der Waals surface area contributed by atoms with Gasteiger partial charge in [-0.15, -0.1) is 0 Å². The summed E-state index contributed by atoms with van der Waals surface area (Å²) < 4.78 is 16.3. The highest BCUT2D eigenvalue weighted by Crippen LogP contribution is 2.25. The van der Waals surface area contributed by atoms with E-state index in [0.29, 0.717) is 0 Å². The number of hydrogen-bond donors (Lipinski definition) is 3. The van der Waals surface area contributed by atoms with Gasteiger partial charge in [-0.25, -0.2) is 0 Å². The summed E-state index contributed by atoms with van der Waals surface area (Å²) in [5, 5.41) is 29.2. The van der Waals surface area contributed by atoms with Gasteiger partial charge in [0, 0.05) is 0 Å². The molecule has 3 N–H and O–H groups in total. The quantitative estimate of drug-likeness (QED) is 0.629. The van der Waals surface area contributed by atoms with Crippen LogP contribution in [0.2, 0.25) is 0 Å². The summed E-state index contributed by atoms with van der Waals surface area (Å²) in [7, 11) is 0. The number of hydrogen-bond acceptors (Lipinski definition) is 6. The molecule has 1 fully saturated rings. The minimum absolute atomic E-state index is 0.142. The van der Waals surface area contributed by atoms with Crippen molar-refractivity contribution in [3.05, 3.63) is 0 Å². The molecular weight excluding hydrogens is 240 g/mol. The first kappa shape index (κ1) is 15.8. The summed E-state index contributed by atoms with van der Waals surface area (Å²) in [6.07, 6.45) is -5.08. The van der Waals surface area contributed by atoms with Gasteiger partial charge in [-0.3, -0.25) is 0 Å². The first-order valence-electron chi connectivity index (χ1n) is 6.30. The molecule has 1 aliphatic rings. The van der Waals surface area contributed by atoms with Gasteiger partial charge in [0.25, 0.3) is 0 Å². The Labute approximate surface area is 107 Å². The van der Waals surface area contributed by atoms with Gasteiger partial charge < -0.3 is 29.5 Å². The molecule has 6 heteroatoms. The van der Waals surface area contributed by atoms with Crippen molar-refractivity contribution in [1.82, 2.24) is 0 Å². The molecule has 0 aromatic rings. The maximum atomic E-state index is 10.0. The Hall–Kier alpha value is -0.240. The van der Waals surface area contributed by atoms with E-state index >= 15 is 0 Å². The first-order chi connectivity index (χ1) is 8.36. The Kier molecular flexibility index (Phi) is 5.97. The fourth-order valence-corrected chi connectivity index (χ4v) is 1.92. The zero-order chi connectivity index (χ0) is 13.9. The molecule has 0 radical (unpaired) electrons.